The second kappa shape index (κ2) is 10.7. The van der Waals surface area contributed by atoms with E-state index in [1.165, 1.54) is 17.2 Å². The van der Waals surface area contributed by atoms with E-state index in [4.69, 9.17) is 9.47 Å². The smallest absolute Gasteiger partial charge is 0.251 e. The summed E-state index contributed by atoms with van der Waals surface area (Å²) in [7, 11) is -3.49. The van der Waals surface area contributed by atoms with E-state index in [0.717, 1.165) is 29.9 Å². The van der Waals surface area contributed by atoms with Crippen LogP contribution in [0.15, 0.2) is 90.0 Å². The second-order valence-electron chi connectivity index (χ2n) is 9.81. The Kier molecular flexibility index (Phi) is 6.99. The highest BCUT2D eigenvalue weighted by atomic mass is 32.2. The number of rotatable bonds is 6. The second-order valence-corrected chi connectivity index (χ2v) is 11.9. The van der Waals surface area contributed by atoms with Crippen LogP contribution in [0, 0.1) is 0 Å². The number of sulfone groups is 1. The van der Waals surface area contributed by atoms with E-state index in [1.54, 1.807) is 18.3 Å². The van der Waals surface area contributed by atoms with Crippen molar-refractivity contribution in [2.75, 3.05) is 25.6 Å². The van der Waals surface area contributed by atoms with Crippen molar-refractivity contribution in [3.8, 4) is 22.3 Å². The number of ether oxygens (including phenoxy) is 2. The van der Waals surface area contributed by atoms with Gasteiger partial charge in [0.25, 0.3) is 5.91 Å². The monoisotopic (exact) mass is 540 g/mol. The zero-order valence-electron chi connectivity index (χ0n) is 21.3. The minimum atomic E-state index is -3.49. The average molecular weight is 541 g/mol. The summed E-state index contributed by atoms with van der Waals surface area (Å²) in [6.45, 7) is 2.05. The van der Waals surface area contributed by atoms with Crippen molar-refractivity contribution in [3.63, 3.8) is 0 Å². The molecule has 1 fully saturated rings. The van der Waals surface area contributed by atoms with Gasteiger partial charge in [0.15, 0.2) is 9.84 Å². The van der Waals surface area contributed by atoms with Crippen LogP contribution in [0.5, 0.6) is 0 Å². The third kappa shape index (κ3) is 5.36. The molecule has 0 unspecified atom stereocenters. The zero-order valence-corrected chi connectivity index (χ0v) is 22.1. The van der Waals surface area contributed by atoms with Gasteiger partial charge in [-0.1, -0.05) is 48.5 Å². The van der Waals surface area contributed by atoms with Crippen molar-refractivity contribution < 1.29 is 22.7 Å². The molecule has 4 aromatic rings. The number of nitrogens with zero attached hydrogens (tertiary/aromatic N) is 1. The fourth-order valence-corrected chi connectivity index (χ4v) is 6.36. The van der Waals surface area contributed by atoms with Gasteiger partial charge in [0.1, 0.15) is 0 Å². The Labute approximate surface area is 227 Å². The summed E-state index contributed by atoms with van der Waals surface area (Å²) in [5.41, 5.74) is 7.27. The van der Waals surface area contributed by atoms with E-state index >= 15 is 0 Å². The Balaban J connectivity index is 1.22. The molecule has 2 aliphatic heterocycles. The predicted octanol–water partition coefficient (Wildman–Crippen LogP) is 4.76. The molecule has 7 nitrogen and oxygen atoms in total. The topological polar surface area (TPSA) is 94.6 Å². The molecule has 0 spiro atoms. The first-order valence-electron chi connectivity index (χ1n) is 12.9. The van der Waals surface area contributed by atoms with E-state index in [1.807, 2.05) is 30.3 Å². The number of carbonyl (C=O) groups excluding carboxylic acids is 1. The molecule has 3 heterocycles. The first kappa shape index (κ1) is 25.4. The molecule has 0 radical (unpaired) electrons. The summed E-state index contributed by atoms with van der Waals surface area (Å²) in [5, 5.41) is 2.88. The van der Waals surface area contributed by atoms with Gasteiger partial charge in [-0.25, -0.2) is 8.42 Å². The lowest BCUT2D eigenvalue weighted by atomic mass is 9.87. The van der Waals surface area contributed by atoms with Crippen LogP contribution in [0.3, 0.4) is 0 Å². The summed E-state index contributed by atoms with van der Waals surface area (Å²) in [6, 6.07) is 25.5. The molecule has 0 bridgehead atoms. The van der Waals surface area contributed by atoms with E-state index in [0.29, 0.717) is 22.7 Å². The minimum Gasteiger partial charge on any atom is -0.380 e. The van der Waals surface area contributed by atoms with Gasteiger partial charge in [-0.15, -0.1) is 0 Å². The Morgan fingerprint density at radius 3 is 2.51 bits per heavy atom. The molecule has 0 atom stereocenters. The highest BCUT2D eigenvalue weighted by Crippen LogP contribution is 2.36. The number of fused-ring (bicyclic) bond motifs is 1. The van der Waals surface area contributed by atoms with Crippen molar-refractivity contribution in [3.05, 3.63) is 107 Å². The quantitative estimate of drug-likeness (QED) is 0.379. The Hall–Kier alpha value is -3.85. The molecule has 1 saturated heterocycles. The molecule has 39 heavy (non-hydrogen) atoms. The van der Waals surface area contributed by atoms with Crippen LogP contribution in [0.25, 0.3) is 22.3 Å². The fraction of sp³-hybridized carbons (Fsp3) is 0.226. The third-order valence-electron chi connectivity index (χ3n) is 7.21. The lowest BCUT2D eigenvalue weighted by Gasteiger charge is -2.28. The lowest BCUT2D eigenvalue weighted by Crippen LogP contribution is -2.25. The molecule has 0 saturated carbocycles. The first-order valence-corrected chi connectivity index (χ1v) is 14.6. The first-order chi connectivity index (χ1) is 19.0. The summed E-state index contributed by atoms with van der Waals surface area (Å²) in [4.78, 5) is 17.5. The number of benzene rings is 3. The van der Waals surface area contributed by atoms with Crippen LogP contribution in [-0.2, 0) is 32.5 Å². The van der Waals surface area contributed by atoms with Crippen LogP contribution in [0.4, 0.5) is 0 Å². The van der Waals surface area contributed by atoms with Gasteiger partial charge in [0, 0.05) is 17.7 Å². The Morgan fingerprint density at radius 2 is 1.72 bits per heavy atom. The maximum absolute atomic E-state index is 12.9. The Bertz CT molecular complexity index is 1630. The summed E-state index contributed by atoms with van der Waals surface area (Å²) in [5.74, 6) is -0.0554. The molecular weight excluding hydrogens is 512 g/mol. The molecule has 8 heteroatoms. The molecule has 3 aromatic carbocycles. The van der Waals surface area contributed by atoms with Crippen LogP contribution < -0.4 is 5.32 Å². The molecule has 2 aliphatic rings. The van der Waals surface area contributed by atoms with Crippen LogP contribution in [0.1, 0.15) is 33.1 Å². The standard InChI is InChI=1S/C31H28N2O5S/c34-31(24-6-7-25-18-37-12-13-39(35,36)30(25)16-24)33-17-27-14-23(10-11-32-27)22-8-9-28(26-19-38-20-26)29(15-22)21-4-2-1-3-5-21/h1-11,14-16,26H,12-13,17-20H2,(H,33,34). The predicted molar refractivity (Wildman–Crippen MR) is 148 cm³/mol. The van der Waals surface area contributed by atoms with E-state index in [-0.39, 0.29) is 36.3 Å². The molecule has 1 amide bonds. The van der Waals surface area contributed by atoms with Gasteiger partial charge >= 0.3 is 0 Å². The summed E-state index contributed by atoms with van der Waals surface area (Å²) >= 11 is 0. The van der Waals surface area contributed by atoms with Crippen molar-refractivity contribution in [2.45, 2.75) is 24.0 Å². The fourth-order valence-electron chi connectivity index (χ4n) is 4.97. The van der Waals surface area contributed by atoms with Gasteiger partial charge < -0.3 is 14.8 Å². The van der Waals surface area contributed by atoms with Gasteiger partial charge in [0.05, 0.1) is 49.3 Å². The molecular formula is C31H28N2O5S. The maximum Gasteiger partial charge on any atom is 0.251 e. The lowest BCUT2D eigenvalue weighted by molar-refractivity contribution is 0.00864. The number of carbonyl (C=O) groups is 1. The van der Waals surface area contributed by atoms with Crippen LogP contribution >= 0.6 is 0 Å². The van der Waals surface area contributed by atoms with Crippen molar-refractivity contribution in [1.29, 1.82) is 0 Å². The largest absolute Gasteiger partial charge is 0.380 e. The van der Waals surface area contributed by atoms with E-state index < -0.39 is 9.84 Å². The van der Waals surface area contributed by atoms with E-state index in [2.05, 4.69) is 40.6 Å². The minimum absolute atomic E-state index is 0.0941. The van der Waals surface area contributed by atoms with Gasteiger partial charge in [-0.05, 0) is 63.7 Å². The number of aromatic nitrogens is 1. The summed E-state index contributed by atoms with van der Waals surface area (Å²) < 4.78 is 36.0. The molecule has 198 valence electrons. The van der Waals surface area contributed by atoms with Gasteiger partial charge in [-0.2, -0.15) is 0 Å². The number of hydrogen-bond acceptors (Lipinski definition) is 6. The zero-order chi connectivity index (χ0) is 26.8. The third-order valence-corrected chi connectivity index (χ3v) is 8.97. The summed E-state index contributed by atoms with van der Waals surface area (Å²) in [6.07, 6.45) is 1.74. The van der Waals surface area contributed by atoms with Gasteiger partial charge in [-0.3, -0.25) is 9.78 Å². The molecule has 1 N–H and O–H groups in total. The highest BCUT2D eigenvalue weighted by Gasteiger charge is 2.25. The van der Waals surface area contributed by atoms with Crippen molar-refractivity contribution >= 4 is 15.7 Å². The van der Waals surface area contributed by atoms with Crippen molar-refractivity contribution in [1.82, 2.24) is 10.3 Å². The van der Waals surface area contributed by atoms with Gasteiger partial charge in [0.2, 0.25) is 0 Å². The average Bonchev–Trinajstić information content (AvgIpc) is 3.09. The normalized spacial score (nSPS) is 16.5. The Morgan fingerprint density at radius 1 is 0.897 bits per heavy atom. The number of nitrogens with one attached hydrogen (secondary N) is 1. The van der Waals surface area contributed by atoms with Crippen molar-refractivity contribution in [2.24, 2.45) is 0 Å². The highest BCUT2D eigenvalue weighted by molar-refractivity contribution is 7.91. The maximum atomic E-state index is 12.9. The van der Waals surface area contributed by atoms with Crippen LogP contribution in [-0.4, -0.2) is 44.9 Å². The number of pyridine rings is 1. The number of hydrogen-bond donors (Lipinski definition) is 1. The van der Waals surface area contributed by atoms with Crippen LogP contribution in [0.2, 0.25) is 0 Å². The molecule has 0 aliphatic carbocycles. The number of amides is 1. The molecule has 6 rings (SSSR count). The SMILES string of the molecule is O=C(NCc1cc(-c2ccc(C3COC3)c(-c3ccccc3)c2)ccn1)c1ccc2c(c1)S(=O)(=O)CCOC2. The van der Waals surface area contributed by atoms with E-state index in [9.17, 15) is 13.2 Å². The molecule has 1 aromatic heterocycles.